The zero-order valence-electron chi connectivity index (χ0n) is 11.8. The quantitative estimate of drug-likeness (QED) is 0.829. The molecule has 104 valence electrons. The molecule has 20 heavy (non-hydrogen) atoms. The SMILES string of the molecule is CC[C@@H](C(=O)Nc1cc(C)ccc1O)c1ccccc1. The molecule has 1 amide bonds. The van der Waals surface area contributed by atoms with Crippen molar-refractivity contribution >= 4 is 11.6 Å². The van der Waals surface area contributed by atoms with Gasteiger partial charge in [0.15, 0.2) is 0 Å². The van der Waals surface area contributed by atoms with Crippen molar-refractivity contribution in [2.24, 2.45) is 0 Å². The summed E-state index contributed by atoms with van der Waals surface area (Å²) in [5.74, 6) is -0.220. The lowest BCUT2D eigenvalue weighted by Crippen LogP contribution is -2.20. The molecule has 0 aromatic heterocycles. The summed E-state index contributed by atoms with van der Waals surface area (Å²) in [4.78, 5) is 12.4. The van der Waals surface area contributed by atoms with Crippen LogP contribution in [0.5, 0.6) is 5.75 Å². The number of rotatable bonds is 4. The first-order valence-corrected chi connectivity index (χ1v) is 6.77. The lowest BCUT2D eigenvalue weighted by atomic mass is 9.95. The Bertz CT molecular complexity index is 593. The summed E-state index contributed by atoms with van der Waals surface area (Å²) in [6.45, 7) is 3.90. The van der Waals surface area contributed by atoms with E-state index in [2.05, 4.69) is 5.32 Å². The third-order valence-electron chi connectivity index (χ3n) is 3.34. The molecule has 3 nitrogen and oxygen atoms in total. The molecule has 1 atom stereocenters. The predicted octanol–water partition coefficient (Wildman–Crippen LogP) is 3.83. The van der Waals surface area contributed by atoms with E-state index in [0.29, 0.717) is 12.1 Å². The van der Waals surface area contributed by atoms with Gasteiger partial charge in [-0.1, -0.05) is 43.3 Å². The lowest BCUT2D eigenvalue weighted by molar-refractivity contribution is -0.117. The number of carbonyl (C=O) groups is 1. The summed E-state index contributed by atoms with van der Waals surface area (Å²) in [6.07, 6.45) is 0.711. The van der Waals surface area contributed by atoms with Crippen molar-refractivity contribution in [3.05, 3.63) is 59.7 Å². The maximum absolute atomic E-state index is 12.4. The maximum atomic E-state index is 12.4. The average Bonchev–Trinajstić information content (AvgIpc) is 2.45. The molecule has 0 bridgehead atoms. The molecule has 0 spiro atoms. The summed E-state index contributed by atoms with van der Waals surface area (Å²) < 4.78 is 0. The van der Waals surface area contributed by atoms with Crippen LogP contribution in [0.2, 0.25) is 0 Å². The van der Waals surface area contributed by atoms with Crippen LogP contribution in [0.3, 0.4) is 0 Å². The number of nitrogens with one attached hydrogen (secondary N) is 1. The van der Waals surface area contributed by atoms with Crippen LogP contribution in [-0.2, 0) is 4.79 Å². The number of benzene rings is 2. The maximum Gasteiger partial charge on any atom is 0.232 e. The fourth-order valence-electron chi connectivity index (χ4n) is 2.23. The highest BCUT2D eigenvalue weighted by Gasteiger charge is 2.19. The van der Waals surface area contributed by atoms with Crippen LogP contribution in [0.1, 0.15) is 30.4 Å². The molecule has 0 saturated carbocycles. The molecule has 2 rings (SSSR count). The van der Waals surface area contributed by atoms with Crippen LogP contribution in [0, 0.1) is 6.92 Å². The van der Waals surface area contributed by atoms with Gasteiger partial charge in [0.25, 0.3) is 0 Å². The summed E-state index contributed by atoms with van der Waals surface area (Å²) >= 11 is 0. The molecule has 2 aromatic rings. The first-order chi connectivity index (χ1) is 9.61. The summed E-state index contributed by atoms with van der Waals surface area (Å²) in [5, 5.41) is 12.6. The van der Waals surface area contributed by atoms with Gasteiger partial charge in [0.05, 0.1) is 11.6 Å². The zero-order chi connectivity index (χ0) is 14.5. The predicted molar refractivity (Wildman–Crippen MR) is 80.9 cm³/mol. The van der Waals surface area contributed by atoms with Gasteiger partial charge in [-0.3, -0.25) is 4.79 Å². The van der Waals surface area contributed by atoms with Crippen LogP contribution in [0.15, 0.2) is 48.5 Å². The number of amides is 1. The molecule has 0 fully saturated rings. The van der Waals surface area contributed by atoms with Gasteiger partial charge < -0.3 is 10.4 Å². The van der Waals surface area contributed by atoms with Gasteiger partial charge >= 0.3 is 0 Å². The number of phenols is 1. The van der Waals surface area contributed by atoms with Gasteiger partial charge in [0.1, 0.15) is 5.75 Å². The molecule has 0 unspecified atom stereocenters. The summed E-state index contributed by atoms with van der Waals surface area (Å²) in [5.41, 5.74) is 2.44. The molecule has 0 aliphatic carbocycles. The van der Waals surface area contributed by atoms with E-state index in [9.17, 15) is 9.90 Å². The van der Waals surface area contributed by atoms with Crippen LogP contribution < -0.4 is 5.32 Å². The van der Waals surface area contributed by atoms with Crippen molar-refractivity contribution < 1.29 is 9.90 Å². The van der Waals surface area contributed by atoms with Crippen molar-refractivity contribution in [2.75, 3.05) is 5.32 Å². The van der Waals surface area contributed by atoms with Crippen molar-refractivity contribution in [2.45, 2.75) is 26.2 Å². The van der Waals surface area contributed by atoms with Crippen LogP contribution in [-0.4, -0.2) is 11.0 Å². The molecular weight excluding hydrogens is 250 g/mol. The largest absolute Gasteiger partial charge is 0.506 e. The minimum Gasteiger partial charge on any atom is -0.506 e. The third kappa shape index (κ3) is 3.18. The Morgan fingerprint density at radius 2 is 1.90 bits per heavy atom. The summed E-state index contributed by atoms with van der Waals surface area (Å²) in [6, 6.07) is 14.8. The third-order valence-corrected chi connectivity index (χ3v) is 3.34. The Hall–Kier alpha value is -2.29. The highest BCUT2D eigenvalue weighted by atomic mass is 16.3. The van der Waals surface area contributed by atoms with Gasteiger partial charge in [-0.05, 0) is 36.6 Å². The van der Waals surface area contributed by atoms with E-state index in [1.54, 1.807) is 18.2 Å². The second-order valence-electron chi connectivity index (χ2n) is 4.88. The van der Waals surface area contributed by atoms with Gasteiger partial charge in [-0.2, -0.15) is 0 Å². The smallest absolute Gasteiger partial charge is 0.232 e. The minimum absolute atomic E-state index is 0.0897. The van der Waals surface area contributed by atoms with E-state index in [4.69, 9.17) is 0 Å². The number of aryl methyl sites for hydroxylation is 1. The van der Waals surface area contributed by atoms with E-state index in [-0.39, 0.29) is 17.6 Å². The van der Waals surface area contributed by atoms with E-state index in [1.165, 1.54) is 0 Å². The normalized spacial score (nSPS) is 11.9. The molecular formula is C17H19NO2. The minimum atomic E-state index is -0.212. The van der Waals surface area contributed by atoms with Gasteiger partial charge in [-0.25, -0.2) is 0 Å². The Balaban J connectivity index is 2.20. The highest BCUT2D eigenvalue weighted by Crippen LogP contribution is 2.27. The van der Waals surface area contributed by atoms with E-state index in [1.807, 2.05) is 44.2 Å². The number of hydrogen-bond acceptors (Lipinski definition) is 2. The first-order valence-electron chi connectivity index (χ1n) is 6.77. The van der Waals surface area contributed by atoms with Crippen molar-refractivity contribution in [3.8, 4) is 5.75 Å². The molecule has 2 aromatic carbocycles. The highest BCUT2D eigenvalue weighted by molar-refractivity contribution is 5.97. The van der Waals surface area contributed by atoms with Crippen LogP contribution >= 0.6 is 0 Å². The molecule has 0 saturated heterocycles. The Kier molecular flexibility index (Phi) is 4.41. The molecule has 0 radical (unpaired) electrons. The van der Waals surface area contributed by atoms with Gasteiger partial charge in [-0.15, -0.1) is 0 Å². The fraction of sp³-hybridized carbons (Fsp3) is 0.235. The molecule has 2 N–H and O–H groups in total. The Labute approximate surface area is 119 Å². The van der Waals surface area contributed by atoms with Crippen molar-refractivity contribution in [1.29, 1.82) is 0 Å². The van der Waals surface area contributed by atoms with E-state index < -0.39 is 0 Å². The second-order valence-corrected chi connectivity index (χ2v) is 4.88. The lowest BCUT2D eigenvalue weighted by Gasteiger charge is -2.16. The number of carbonyl (C=O) groups excluding carboxylic acids is 1. The van der Waals surface area contributed by atoms with Crippen LogP contribution in [0.25, 0.3) is 0 Å². The molecule has 0 aliphatic heterocycles. The molecule has 0 aliphatic rings. The van der Waals surface area contributed by atoms with Crippen molar-refractivity contribution in [1.82, 2.24) is 0 Å². The standard InChI is InChI=1S/C17H19NO2/c1-3-14(13-7-5-4-6-8-13)17(20)18-15-11-12(2)9-10-16(15)19/h4-11,14,19H,3H2,1-2H3,(H,18,20)/t14-/m1/s1. The number of phenolic OH excluding ortho intramolecular Hbond substituents is 1. The molecule has 3 heteroatoms. The summed E-state index contributed by atoms with van der Waals surface area (Å²) in [7, 11) is 0. The fourth-order valence-corrected chi connectivity index (χ4v) is 2.23. The van der Waals surface area contributed by atoms with Gasteiger partial charge in [0, 0.05) is 0 Å². The average molecular weight is 269 g/mol. The number of aromatic hydroxyl groups is 1. The van der Waals surface area contributed by atoms with Crippen LogP contribution in [0.4, 0.5) is 5.69 Å². The Morgan fingerprint density at radius 1 is 1.20 bits per heavy atom. The van der Waals surface area contributed by atoms with Crippen molar-refractivity contribution in [3.63, 3.8) is 0 Å². The topological polar surface area (TPSA) is 49.3 Å². The number of anilines is 1. The van der Waals surface area contributed by atoms with Gasteiger partial charge in [0.2, 0.25) is 5.91 Å². The monoisotopic (exact) mass is 269 g/mol. The molecule has 0 heterocycles. The van der Waals surface area contributed by atoms with E-state index >= 15 is 0 Å². The second kappa shape index (κ2) is 6.24. The number of hydrogen-bond donors (Lipinski definition) is 2. The Morgan fingerprint density at radius 3 is 2.55 bits per heavy atom. The first kappa shape index (κ1) is 14.1. The zero-order valence-corrected chi connectivity index (χ0v) is 11.8. The van der Waals surface area contributed by atoms with E-state index in [0.717, 1.165) is 11.1 Å².